The minimum atomic E-state index is -4.81. The number of hydrogen-bond acceptors (Lipinski definition) is 4. The summed E-state index contributed by atoms with van der Waals surface area (Å²) in [5.41, 5.74) is 2.88. The summed E-state index contributed by atoms with van der Waals surface area (Å²) in [5, 5.41) is 10.3. The molecule has 9 heteroatoms. The Hall–Kier alpha value is -3.88. The van der Waals surface area contributed by atoms with Gasteiger partial charge in [-0.25, -0.2) is 4.79 Å². The van der Waals surface area contributed by atoms with Crippen LogP contribution in [-0.4, -0.2) is 35.2 Å². The molecule has 0 spiro atoms. The number of alkyl halides is 3. The van der Waals surface area contributed by atoms with Gasteiger partial charge in [0.2, 0.25) is 0 Å². The number of methoxy groups -OCH3 is 1. The molecule has 208 valence electrons. The summed E-state index contributed by atoms with van der Waals surface area (Å²) in [6.45, 7) is 7.91. The Balaban J connectivity index is 1.79. The van der Waals surface area contributed by atoms with Crippen LogP contribution < -0.4 is 9.47 Å². The third-order valence-corrected chi connectivity index (χ3v) is 7.03. The zero-order valence-corrected chi connectivity index (χ0v) is 22.5. The van der Waals surface area contributed by atoms with Gasteiger partial charge in [-0.1, -0.05) is 39.0 Å². The van der Waals surface area contributed by atoms with Crippen molar-refractivity contribution in [1.82, 2.24) is 4.57 Å². The van der Waals surface area contributed by atoms with Crippen LogP contribution in [0.25, 0.3) is 10.9 Å². The molecule has 1 aliphatic rings. The van der Waals surface area contributed by atoms with E-state index in [-0.39, 0.29) is 11.7 Å². The normalized spacial score (nSPS) is 18.2. The number of carbonyl (C=O) groups is 1. The molecule has 2 aromatic carbocycles. The topological polar surface area (TPSA) is 69.9 Å². The van der Waals surface area contributed by atoms with E-state index in [4.69, 9.17) is 9.47 Å². The Morgan fingerprint density at radius 1 is 1.15 bits per heavy atom. The number of halogens is 3. The molecule has 1 aliphatic carbocycles. The summed E-state index contributed by atoms with van der Waals surface area (Å²) < 4.78 is 56.4. The number of carboxylic acid groups (broad SMARTS) is 1. The molecule has 3 aromatic rings. The largest absolute Gasteiger partial charge is 0.573 e. The average molecular weight is 544 g/mol. The first kappa shape index (κ1) is 28.1. The molecule has 39 heavy (non-hydrogen) atoms. The van der Waals surface area contributed by atoms with Crippen LogP contribution in [0, 0.1) is 12.8 Å². The highest BCUT2D eigenvalue weighted by Crippen LogP contribution is 2.43. The molecule has 0 saturated carbocycles. The number of carboxylic acids is 1. The van der Waals surface area contributed by atoms with Gasteiger partial charge in [0.05, 0.1) is 12.6 Å². The van der Waals surface area contributed by atoms with Crippen molar-refractivity contribution in [1.29, 1.82) is 0 Å². The minimum absolute atomic E-state index is 0.242. The lowest BCUT2D eigenvalue weighted by molar-refractivity contribution is -0.274. The maximum absolute atomic E-state index is 13.0. The molecule has 6 nitrogen and oxygen atoms in total. The van der Waals surface area contributed by atoms with Crippen molar-refractivity contribution in [3.05, 3.63) is 83.3 Å². The molecule has 2 atom stereocenters. The Bertz CT molecular complexity index is 1440. The van der Waals surface area contributed by atoms with Crippen molar-refractivity contribution >= 4 is 16.9 Å². The Morgan fingerprint density at radius 3 is 2.49 bits per heavy atom. The molecular formula is C30H32F3NO5. The number of allylic oxidation sites excluding steroid dienone is 3. The molecule has 1 aromatic heterocycles. The van der Waals surface area contributed by atoms with Crippen LogP contribution in [0.2, 0.25) is 0 Å². The monoisotopic (exact) mass is 543 g/mol. The van der Waals surface area contributed by atoms with E-state index in [9.17, 15) is 23.1 Å². The third-order valence-electron chi connectivity index (χ3n) is 7.03. The summed E-state index contributed by atoms with van der Waals surface area (Å²) in [6, 6.07) is 11.5. The number of benzene rings is 2. The van der Waals surface area contributed by atoms with E-state index in [1.165, 1.54) is 12.1 Å². The lowest BCUT2D eigenvalue weighted by Crippen LogP contribution is -2.32. The van der Waals surface area contributed by atoms with Gasteiger partial charge >= 0.3 is 12.3 Å². The van der Waals surface area contributed by atoms with Crippen LogP contribution in [-0.2, 0) is 21.5 Å². The lowest BCUT2D eigenvalue weighted by atomic mass is 9.75. The van der Waals surface area contributed by atoms with Gasteiger partial charge in [-0.3, -0.25) is 0 Å². The van der Waals surface area contributed by atoms with E-state index in [1.54, 1.807) is 45.2 Å². The van der Waals surface area contributed by atoms with Crippen molar-refractivity contribution in [2.24, 2.45) is 5.92 Å². The van der Waals surface area contributed by atoms with E-state index in [0.29, 0.717) is 24.2 Å². The second-order valence-corrected chi connectivity index (χ2v) is 10.3. The maximum atomic E-state index is 13.0. The molecule has 0 radical (unpaired) electrons. The van der Waals surface area contributed by atoms with E-state index in [2.05, 4.69) is 17.7 Å². The van der Waals surface area contributed by atoms with Crippen molar-refractivity contribution < 1.29 is 37.3 Å². The number of aromatic nitrogens is 1. The first-order valence-corrected chi connectivity index (χ1v) is 12.6. The summed E-state index contributed by atoms with van der Waals surface area (Å²) in [4.78, 5) is 11.6. The summed E-state index contributed by atoms with van der Waals surface area (Å²) in [6.07, 6.45) is 0.795. The van der Waals surface area contributed by atoms with Gasteiger partial charge in [0.1, 0.15) is 17.3 Å². The fourth-order valence-corrected chi connectivity index (χ4v) is 5.15. The molecule has 0 saturated heterocycles. The zero-order valence-electron chi connectivity index (χ0n) is 22.5. The fraction of sp³-hybridized carbons (Fsp3) is 0.367. The highest BCUT2D eigenvalue weighted by Gasteiger charge is 2.34. The van der Waals surface area contributed by atoms with Crippen LogP contribution in [0.4, 0.5) is 13.2 Å². The number of rotatable bonds is 9. The van der Waals surface area contributed by atoms with Gasteiger partial charge in [0, 0.05) is 35.0 Å². The van der Waals surface area contributed by atoms with Gasteiger partial charge in [0.15, 0.2) is 6.10 Å². The zero-order chi connectivity index (χ0) is 28.5. The fourth-order valence-electron chi connectivity index (χ4n) is 5.15. The molecule has 0 bridgehead atoms. The molecule has 0 aliphatic heterocycles. The molecule has 0 fully saturated rings. The van der Waals surface area contributed by atoms with E-state index in [1.807, 2.05) is 29.7 Å². The SMILES string of the molecule is COC1=CCC(C)(c2c(C)n(Cc3cccc(OC(C(=O)O)C(C)C)c3)c3cc(OC(F)(F)F)ccc23)C=C1. The van der Waals surface area contributed by atoms with E-state index in [0.717, 1.165) is 28.0 Å². The van der Waals surface area contributed by atoms with Crippen LogP contribution in [0.1, 0.15) is 44.0 Å². The highest BCUT2D eigenvalue weighted by atomic mass is 19.4. The Kier molecular flexibility index (Phi) is 7.73. The predicted octanol–water partition coefficient (Wildman–Crippen LogP) is 7.13. The number of ether oxygens (including phenoxy) is 3. The van der Waals surface area contributed by atoms with Gasteiger partial charge < -0.3 is 23.9 Å². The van der Waals surface area contributed by atoms with E-state index >= 15 is 0 Å². The Labute approximate surface area is 225 Å². The third kappa shape index (κ3) is 6.08. The molecule has 1 N–H and O–H groups in total. The van der Waals surface area contributed by atoms with Crippen molar-refractivity contribution in [2.75, 3.05) is 7.11 Å². The molecule has 1 heterocycles. The number of aliphatic carboxylic acids is 1. The number of fused-ring (bicyclic) bond motifs is 1. The van der Waals surface area contributed by atoms with Crippen LogP contribution in [0.15, 0.2) is 66.5 Å². The molecule has 4 rings (SSSR count). The quantitative estimate of drug-likeness (QED) is 0.311. The van der Waals surface area contributed by atoms with Crippen molar-refractivity contribution in [3.8, 4) is 11.5 Å². The van der Waals surface area contributed by atoms with Crippen LogP contribution >= 0.6 is 0 Å². The second-order valence-electron chi connectivity index (χ2n) is 10.3. The molecule has 0 amide bonds. The smallest absolute Gasteiger partial charge is 0.497 e. The highest BCUT2D eigenvalue weighted by molar-refractivity contribution is 5.88. The van der Waals surface area contributed by atoms with Crippen LogP contribution in [0.5, 0.6) is 11.5 Å². The lowest BCUT2D eigenvalue weighted by Gasteiger charge is -2.29. The summed E-state index contributed by atoms with van der Waals surface area (Å²) in [7, 11) is 1.61. The second kappa shape index (κ2) is 10.7. The van der Waals surface area contributed by atoms with Gasteiger partial charge in [-0.05, 0) is 60.9 Å². The molecular weight excluding hydrogens is 511 g/mol. The van der Waals surface area contributed by atoms with Gasteiger partial charge in [-0.15, -0.1) is 13.2 Å². The van der Waals surface area contributed by atoms with Crippen molar-refractivity contribution in [2.45, 2.75) is 58.5 Å². The average Bonchev–Trinajstić information content (AvgIpc) is 3.13. The minimum Gasteiger partial charge on any atom is -0.497 e. The van der Waals surface area contributed by atoms with Gasteiger partial charge in [-0.2, -0.15) is 0 Å². The Morgan fingerprint density at radius 2 is 1.90 bits per heavy atom. The first-order valence-electron chi connectivity index (χ1n) is 12.6. The number of nitrogens with zero attached hydrogens (tertiary/aromatic N) is 1. The predicted molar refractivity (Wildman–Crippen MR) is 142 cm³/mol. The van der Waals surface area contributed by atoms with E-state index < -0.39 is 23.9 Å². The summed E-state index contributed by atoms with van der Waals surface area (Å²) >= 11 is 0. The molecule has 2 unspecified atom stereocenters. The summed E-state index contributed by atoms with van der Waals surface area (Å²) in [5.74, 6) is -0.433. The first-order chi connectivity index (χ1) is 18.3. The van der Waals surface area contributed by atoms with Crippen molar-refractivity contribution in [3.63, 3.8) is 0 Å². The number of hydrogen-bond donors (Lipinski definition) is 1. The van der Waals surface area contributed by atoms with Crippen LogP contribution in [0.3, 0.4) is 0 Å². The van der Waals surface area contributed by atoms with Gasteiger partial charge in [0.25, 0.3) is 0 Å². The maximum Gasteiger partial charge on any atom is 0.573 e. The standard InChI is InChI=1S/C30H32F3NO5/c1-18(2)27(28(35)36)38-22-8-6-7-20(15-22)17-34-19(3)26(29(4)13-11-21(37-5)12-14-29)24-10-9-23(16-25(24)34)39-30(31,32)33/h6-13,15-16,18,27H,14,17H2,1-5H3,(H,35,36).